The molecule has 0 saturated carbocycles. The number of hydrogen-bond acceptors (Lipinski definition) is 5. The lowest BCUT2D eigenvalue weighted by molar-refractivity contribution is -0.149. The van der Waals surface area contributed by atoms with E-state index < -0.39 is 0 Å². The number of carbonyl (C=O) groups is 1. The smallest absolute Gasteiger partial charge is 0.310 e. The highest BCUT2D eigenvalue weighted by atomic mass is 16.5. The monoisotopic (exact) mass is 375 g/mol. The normalized spacial score (nSPS) is 20.0. The minimum Gasteiger partial charge on any atom is -0.490 e. The fourth-order valence-electron chi connectivity index (χ4n) is 3.45. The third-order valence-electron chi connectivity index (χ3n) is 4.82. The Morgan fingerprint density at radius 3 is 2.89 bits per heavy atom. The fraction of sp³-hybridized carbons (Fsp3) is 0.600. The third kappa shape index (κ3) is 5.05. The van der Waals surface area contributed by atoms with Crippen LogP contribution in [-0.4, -0.2) is 56.8 Å². The average Bonchev–Trinajstić information content (AvgIpc) is 2.94. The second-order valence-corrected chi connectivity index (χ2v) is 6.77. The predicted molar refractivity (Wildman–Crippen MR) is 103 cm³/mol. The molecule has 1 fully saturated rings. The number of aliphatic imine (C=N–C) groups is 1. The van der Waals surface area contributed by atoms with Crippen LogP contribution in [0.3, 0.4) is 0 Å². The van der Waals surface area contributed by atoms with Gasteiger partial charge in [-0.3, -0.25) is 9.79 Å². The first-order valence-electron chi connectivity index (χ1n) is 9.72. The Morgan fingerprint density at radius 1 is 1.30 bits per heavy atom. The van der Waals surface area contributed by atoms with E-state index in [-0.39, 0.29) is 11.9 Å². The topological polar surface area (TPSA) is 72.4 Å². The number of nitrogens with zero attached hydrogens (tertiary/aromatic N) is 2. The zero-order valence-corrected chi connectivity index (χ0v) is 16.2. The van der Waals surface area contributed by atoms with E-state index in [2.05, 4.69) is 15.2 Å². The first kappa shape index (κ1) is 19.3. The number of hydrogen-bond donors (Lipinski definition) is 1. The molecule has 7 heteroatoms. The van der Waals surface area contributed by atoms with Gasteiger partial charge in [0.1, 0.15) is 0 Å². The van der Waals surface area contributed by atoms with Crippen LogP contribution in [0.15, 0.2) is 23.2 Å². The van der Waals surface area contributed by atoms with Gasteiger partial charge in [-0.05, 0) is 37.5 Å². The van der Waals surface area contributed by atoms with E-state index in [0.717, 1.165) is 48.8 Å². The first-order chi connectivity index (χ1) is 13.2. The largest absolute Gasteiger partial charge is 0.490 e. The van der Waals surface area contributed by atoms with Crippen molar-refractivity contribution in [3.8, 4) is 11.5 Å². The molecule has 0 aliphatic carbocycles. The van der Waals surface area contributed by atoms with Crippen LogP contribution in [0.5, 0.6) is 11.5 Å². The molecule has 1 unspecified atom stereocenters. The maximum absolute atomic E-state index is 12.1. The number of piperidine rings is 1. The molecule has 0 bridgehead atoms. The highest BCUT2D eigenvalue weighted by Crippen LogP contribution is 2.30. The minimum absolute atomic E-state index is 0.0877. The number of esters is 1. The van der Waals surface area contributed by atoms with Crippen LogP contribution in [0, 0.1) is 5.92 Å². The molecule has 1 aromatic rings. The Bertz CT molecular complexity index is 677. The number of carbonyl (C=O) groups excluding carboxylic acids is 1. The first-order valence-corrected chi connectivity index (χ1v) is 9.72. The quantitative estimate of drug-likeness (QED) is 0.494. The second kappa shape index (κ2) is 9.48. The van der Waals surface area contributed by atoms with E-state index in [4.69, 9.17) is 14.2 Å². The van der Waals surface area contributed by atoms with Gasteiger partial charge in [-0.25, -0.2) is 0 Å². The van der Waals surface area contributed by atoms with Crippen molar-refractivity contribution in [1.29, 1.82) is 0 Å². The molecule has 1 aromatic carbocycles. The van der Waals surface area contributed by atoms with Gasteiger partial charge in [-0.2, -0.15) is 0 Å². The van der Waals surface area contributed by atoms with Crippen LogP contribution in [-0.2, 0) is 16.1 Å². The fourth-order valence-corrected chi connectivity index (χ4v) is 3.45. The Morgan fingerprint density at radius 2 is 2.11 bits per heavy atom. The van der Waals surface area contributed by atoms with Gasteiger partial charge in [0.25, 0.3) is 0 Å². The van der Waals surface area contributed by atoms with Gasteiger partial charge in [-0.15, -0.1) is 0 Å². The van der Waals surface area contributed by atoms with Gasteiger partial charge in [0, 0.05) is 33.1 Å². The highest BCUT2D eigenvalue weighted by Gasteiger charge is 2.28. The second-order valence-electron chi connectivity index (χ2n) is 6.77. The highest BCUT2D eigenvalue weighted by molar-refractivity contribution is 5.81. The average molecular weight is 375 g/mol. The lowest BCUT2D eigenvalue weighted by Crippen LogP contribution is -2.48. The SMILES string of the molecule is CCOC(=O)C1CCCN(C(=NC)NCc2ccc3c(c2)OCCCO3)C1. The molecule has 3 rings (SSSR count). The maximum Gasteiger partial charge on any atom is 0.310 e. The van der Waals surface area contributed by atoms with E-state index in [0.29, 0.717) is 32.9 Å². The van der Waals surface area contributed by atoms with Crippen molar-refractivity contribution in [3.63, 3.8) is 0 Å². The van der Waals surface area contributed by atoms with Crippen LogP contribution < -0.4 is 14.8 Å². The number of rotatable bonds is 4. The summed E-state index contributed by atoms with van der Waals surface area (Å²) in [5.41, 5.74) is 1.10. The van der Waals surface area contributed by atoms with Gasteiger partial charge in [0.05, 0.1) is 25.7 Å². The maximum atomic E-state index is 12.1. The lowest BCUT2D eigenvalue weighted by Gasteiger charge is -2.34. The summed E-state index contributed by atoms with van der Waals surface area (Å²) in [5, 5.41) is 3.40. The lowest BCUT2D eigenvalue weighted by atomic mass is 9.98. The molecular weight excluding hydrogens is 346 g/mol. The zero-order valence-electron chi connectivity index (χ0n) is 16.2. The van der Waals surface area contributed by atoms with Crippen molar-refractivity contribution in [2.24, 2.45) is 10.9 Å². The summed E-state index contributed by atoms with van der Waals surface area (Å²) in [6.45, 7) is 5.78. The van der Waals surface area contributed by atoms with Crippen LogP contribution in [0.2, 0.25) is 0 Å². The van der Waals surface area contributed by atoms with Crippen LogP contribution >= 0.6 is 0 Å². The molecule has 0 amide bonds. The number of likely N-dealkylation sites (tertiary alicyclic amines) is 1. The molecule has 1 saturated heterocycles. The molecule has 7 nitrogen and oxygen atoms in total. The van der Waals surface area contributed by atoms with Gasteiger partial charge >= 0.3 is 5.97 Å². The van der Waals surface area contributed by atoms with Crippen LogP contribution in [0.25, 0.3) is 0 Å². The van der Waals surface area contributed by atoms with E-state index in [9.17, 15) is 4.79 Å². The number of ether oxygens (including phenoxy) is 3. The van der Waals surface area contributed by atoms with Crippen molar-refractivity contribution in [2.75, 3.05) is 40.0 Å². The number of nitrogens with one attached hydrogen (secondary N) is 1. The third-order valence-corrected chi connectivity index (χ3v) is 4.82. The number of benzene rings is 1. The van der Waals surface area contributed by atoms with E-state index in [1.807, 2.05) is 25.1 Å². The summed E-state index contributed by atoms with van der Waals surface area (Å²) in [5.74, 6) is 2.20. The van der Waals surface area contributed by atoms with Crippen molar-refractivity contribution in [3.05, 3.63) is 23.8 Å². The summed E-state index contributed by atoms with van der Waals surface area (Å²) >= 11 is 0. The molecule has 0 aromatic heterocycles. The summed E-state index contributed by atoms with van der Waals surface area (Å²) in [7, 11) is 1.77. The van der Waals surface area contributed by atoms with Crippen molar-refractivity contribution in [2.45, 2.75) is 32.7 Å². The van der Waals surface area contributed by atoms with Gasteiger partial charge in [0.2, 0.25) is 0 Å². The van der Waals surface area contributed by atoms with Crippen LogP contribution in [0.4, 0.5) is 0 Å². The molecule has 2 heterocycles. The molecule has 27 heavy (non-hydrogen) atoms. The van der Waals surface area contributed by atoms with Crippen molar-refractivity contribution in [1.82, 2.24) is 10.2 Å². The molecule has 0 radical (unpaired) electrons. The summed E-state index contributed by atoms with van der Waals surface area (Å²) in [6.07, 6.45) is 2.72. The van der Waals surface area contributed by atoms with E-state index >= 15 is 0 Å². The summed E-state index contributed by atoms with van der Waals surface area (Å²) in [4.78, 5) is 18.6. The standard InChI is InChI=1S/C20H29N3O4/c1-3-25-19(24)16-6-4-9-23(14-16)20(21-2)22-13-15-7-8-17-18(12-15)27-11-5-10-26-17/h7-8,12,16H,3-6,9-11,13-14H2,1-2H3,(H,21,22). The molecule has 0 spiro atoms. The molecular formula is C20H29N3O4. The summed E-state index contributed by atoms with van der Waals surface area (Å²) < 4.78 is 16.6. The molecule has 1 atom stereocenters. The number of guanidine groups is 1. The zero-order chi connectivity index (χ0) is 19.1. The Labute approximate surface area is 160 Å². The van der Waals surface area contributed by atoms with E-state index in [1.165, 1.54) is 0 Å². The van der Waals surface area contributed by atoms with Crippen molar-refractivity contribution >= 4 is 11.9 Å². The van der Waals surface area contributed by atoms with Gasteiger partial charge in [-0.1, -0.05) is 6.07 Å². The van der Waals surface area contributed by atoms with Gasteiger partial charge in [0.15, 0.2) is 17.5 Å². The summed E-state index contributed by atoms with van der Waals surface area (Å²) in [6, 6.07) is 6.00. The van der Waals surface area contributed by atoms with Gasteiger partial charge < -0.3 is 24.4 Å². The molecule has 2 aliphatic rings. The number of fused-ring (bicyclic) bond motifs is 1. The molecule has 148 valence electrons. The van der Waals surface area contributed by atoms with E-state index in [1.54, 1.807) is 7.05 Å². The van der Waals surface area contributed by atoms with Crippen LogP contribution in [0.1, 0.15) is 31.7 Å². The molecule has 2 aliphatic heterocycles. The Kier molecular flexibility index (Phi) is 6.79. The molecule has 1 N–H and O–H groups in total. The Balaban J connectivity index is 1.59. The Hall–Kier alpha value is -2.44. The van der Waals surface area contributed by atoms with Crippen molar-refractivity contribution < 1.29 is 19.0 Å². The minimum atomic E-state index is -0.111. The predicted octanol–water partition coefficient (Wildman–Crippen LogP) is 2.20.